The Morgan fingerprint density at radius 2 is 2.00 bits per heavy atom. The molecule has 0 bridgehead atoms. The van der Waals surface area contributed by atoms with Gasteiger partial charge in [-0.2, -0.15) is 4.98 Å². The van der Waals surface area contributed by atoms with Crippen molar-refractivity contribution in [2.45, 2.75) is 24.5 Å². The Kier molecular flexibility index (Phi) is 3.06. The van der Waals surface area contributed by atoms with Crippen LogP contribution < -0.4 is 17.0 Å². The number of hydrogen-bond acceptors (Lipinski definition) is 8. The zero-order valence-corrected chi connectivity index (χ0v) is 10.6. The SMILES string of the molecule is Nc1nc2c([nH]c(=O)n2[C@@H]2O[C@@H](CO)[C@@H](O)[C@@H]2O)c(=O)[nH]1. The average molecular weight is 299 g/mol. The third-order valence-corrected chi connectivity index (χ3v) is 3.37. The lowest BCUT2D eigenvalue weighted by Crippen LogP contribution is -2.35. The molecule has 1 aliphatic rings. The van der Waals surface area contributed by atoms with Crippen molar-refractivity contribution in [2.24, 2.45) is 0 Å². The minimum atomic E-state index is -1.47. The second-order valence-corrected chi connectivity index (χ2v) is 4.68. The molecule has 114 valence electrons. The van der Waals surface area contributed by atoms with Crippen LogP contribution in [-0.2, 0) is 4.74 Å². The van der Waals surface area contributed by atoms with Gasteiger partial charge < -0.3 is 25.8 Å². The summed E-state index contributed by atoms with van der Waals surface area (Å²) in [5, 5.41) is 28.7. The van der Waals surface area contributed by atoms with E-state index in [4.69, 9.17) is 15.6 Å². The summed E-state index contributed by atoms with van der Waals surface area (Å²) in [6.45, 7) is -0.540. The fourth-order valence-corrected chi connectivity index (χ4v) is 2.36. The van der Waals surface area contributed by atoms with Crippen molar-refractivity contribution in [3.63, 3.8) is 0 Å². The normalized spacial score (nSPS) is 29.3. The van der Waals surface area contributed by atoms with Crippen molar-refractivity contribution < 1.29 is 20.1 Å². The van der Waals surface area contributed by atoms with Crippen LogP contribution >= 0.6 is 0 Å². The van der Waals surface area contributed by atoms with E-state index in [2.05, 4.69) is 15.0 Å². The Morgan fingerprint density at radius 3 is 2.62 bits per heavy atom. The molecule has 0 amide bonds. The summed E-state index contributed by atoms with van der Waals surface area (Å²) in [5.41, 5.74) is 3.77. The summed E-state index contributed by atoms with van der Waals surface area (Å²) in [4.78, 5) is 32.0. The highest BCUT2D eigenvalue weighted by atomic mass is 16.6. The second kappa shape index (κ2) is 4.66. The molecule has 0 aliphatic carbocycles. The molecule has 0 spiro atoms. The molecule has 2 aromatic heterocycles. The molecule has 3 rings (SSSR count). The van der Waals surface area contributed by atoms with Crippen molar-refractivity contribution in [1.82, 2.24) is 19.5 Å². The summed E-state index contributed by atoms with van der Waals surface area (Å²) in [6.07, 6.45) is -5.20. The van der Waals surface area contributed by atoms with Crippen molar-refractivity contribution in [3.8, 4) is 0 Å². The van der Waals surface area contributed by atoms with Crippen molar-refractivity contribution in [1.29, 1.82) is 0 Å². The molecule has 2 aromatic rings. The first-order valence-electron chi connectivity index (χ1n) is 6.06. The van der Waals surface area contributed by atoms with Gasteiger partial charge >= 0.3 is 5.69 Å². The zero-order valence-electron chi connectivity index (χ0n) is 10.6. The lowest BCUT2D eigenvalue weighted by molar-refractivity contribution is -0.0524. The lowest BCUT2D eigenvalue weighted by Gasteiger charge is -2.15. The third-order valence-electron chi connectivity index (χ3n) is 3.37. The highest BCUT2D eigenvalue weighted by Gasteiger charge is 2.44. The number of imidazole rings is 1. The quantitative estimate of drug-likeness (QED) is 0.332. The molecule has 4 atom stereocenters. The van der Waals surface area contributed by atoms with Crippen molar-refractivity contribution in [2.75, 3.05) is 12.3 Å². The van der Waals surface area contributed by atoms with Crippen molar-refractivity contribution >= 4 is 17.1 Å². The maximum absolute atomic E-state index is 12.0. The minimum absolute atomic E-state index is 0.115. The molecule has 1 saturated heterocycles. The van der Waals surface area contributed by atoms with Crippen LogP contribution in [0.4, 0.5) is 5.95 Å². The Hall–Kier alpha value is -2.21. The molecule has 0 radical (unpaired) electrons. The number of H-pyrrole nitrogens is 2. The number of nitrogens with zero attached hydrogens (tertiary/aromatic N) is 2. The summed E-state index contributed by atoms with van der Waals surface area (Å²) in [6, 6.07) is 0. The van der Waals surface area contributed by atoms with Gasteiger partial charge in [0.15, 0.2) is 17.4 Å². The molecule has 0 unspecified atom stereocenters. The van der Waals surface area contributed by atoms with Gasteiger partial charge in [-0.15, -0.1) is 0 Å². The lowest BCUT2D eigenvalue weighted by atomic mass is 10.1. The van der Waals surface area contributed by atoms with E-state index in [1.54, 1.807) is 0 Å². The number of aliphatic hydroxyl groups excluding tert-OH is 3. The van der Waals surface area contributed by atoms with Crippen LogP contribution in [0.3, 0.4) is 0 Å². The van der Waals surface area contributed by atoms with Crippen LogP contribution in [0.15, 0.2) is 9.59 Å². The standard InChI is InChI=1S/C10H13N5O6/c11-9-13-6-3(7(19)14-9)12-10(20)15(6)8-5(18)4(17)2(1-16)21-8/h2,4-5,8,16-18H,1H2,(H,12,20)(H3,11,13,14,19)/t2-,4+,5-,8+/m0/s1. The van der Waals surface area contributed by atoms with Crippen LogP contribution in [0, 0.1) is 0 Å². The monoisotopic (exact) mass is 299 g/mol. The molecule has 1 aliphatic heterocycles. The van der Waals surface area contributed by atoms with Gasteiger partial charge in [-0.05, 0) is 0 Å². The fourth-order valence-electron chi connectivity index (χ4n) is 2.36. The van der Waals surface area contributed by atoms with E-state index in [0.717, 1.165) is 4.57 Å². The van der Waals surface area contributed by atoms with Crippen LogP contribution in [-0.4, -0.2) is 59.8 Å². The number of ether oxygens (including phenoxy) is 1. The van der Waals surface area contributed by atoms with Gasteiger partial charge in [0.25, 0.3) is 5.56 Å². The Labute approximate surface area is 115 Å². The van der Waals surface area contributed by atoms with Gasteiger partial charge in [0.05, 0.1) is 6.61 Å². The topological polar surface area (TPSA) is 179 Å². The minimum Gasteiger partial charge on any atom is -0.394 e. The van der Waals surface area contributed by atoms with Crippen molar-refractivity contribution in [3.05, 3.63) is 20.8 Å². The predicted octanol–water partition coefficient (Wildman–Crippen LogP) is -3.39. The number of aromatic amines is 2. The molecule has 0 saturated carbocycles. The fraction of sp³-hybridized carbons (Fsp3) is 0.500. The van der Waals surface area contributed by atoms with Crippen LogP contribution in [0.2, 0.25) is 0 Å². The Morgan fingerprint density at radius 1 is 1.29 bits per heavy atom. The van der Waals surface area contributed by atoms with Gasteiger partial charge in [-0.25, -0.2) is 9.36 Å². The van der Waals surface area contributed by atoms with E-state index < -0.39 is 42.4 Å². The van der Waals surface area contributed by atoms with E-state index in [9.17, 15) is 19.8 Å². The number of anilines is 1. The largest absolute Gasteiger partial charge is 0.394 e. The summed E-state index contributed by atoms with van der Waals surface area (Å²) in [5.74, 6) is -0.216. The van der Waals surface area contributed by atoms with E-state index in [1.165, 1.54) is 0 Å². The number of nitrogens with one attached hydrogen (secondary N) is 2. The highest BCUT2D eigenvalue weighted by molar-refractivity contribution is 5.70. The van der Waals surface area contributed by atoms with E-state index in [0.29, 0.717) is 0 Å². The third kappa shape index (κ3) is 1.94. The maximum Gasteiger partial charge on any atom is 0.330 e. The first-order chi connectivity index (χ1) is 9.93. The van der Waals surface area contributed by atoms with E-state index in [1.807, 2.05) is 0 Å². The van der Waals surface area contributed by atoms with Gasteiger partial charge in [-0.1, -0.05) is 0 Å². The molecule has 21 heavy (non-hydrogen) atoms. The second-order valence-electron chi connectivity index (χ2n) is 4.68. The molecular weight excluding hydrogens is 286 g/mol. The highest BCUT2D eigenvalue weighted by Crippen LogP contribution is 2.29. The average Bonchev–Trinajstić information content (AvgIpc) is 2.89. The number of rotatable bonds is 2. The molecule has 11 heteroatoms. The molecule has 7 N–H and O–H groups in total. The first-order valence-corrected chi connectivity index (χ1v) is 6.06. The Balaban J connectivity index is 2.20. The zero-order chi connectivity index (χ0) is 15.3. The molecule has 3 heterocycles. The summed E-state index contributed by atoms with van der Waals surface area (Å²) >= 11 is 0. The number of nitrogen functional groups attached to an aromatic ring is 1. The molecule has 0 aromatic carbocycles. The van der Waals surface area contributed by atoms with Gasteiger partial charge in [-0.3, -0.25) is 14.8 Å². The number of fused-ring (bicyclic) bond motifs is 1. The van der Waals surface area contributed by atoms with Crippen LogP contribution in [0.25, 0.3) is 11.2 Å². The van der Waals surface area contributed by atoms with E-state index in [-0.39, 0.29) is 17.1 Å². The van der Waals surface area contributed by atoms with E-state index >= 15 is 0 Å². The van der Waals surface area contributed by atoms with Crippen LogP contribution in [0.5, 0.6) is 0 Å². The van der Waals surface area contributed by atoms with Gasteiger partial charge in [0.1, 0.15) is 18.3 Å². The predicted molar refractivity (Wildman–Crippen MR) is 68.4 cm³/mol. The summed E-state index contributed by atoms with van der Waals surface area (Å²) < 4.78 is 6.13. The Bertz CT molecular complexity index is 793. The van der Waals surface area contributed by atoms with Crippen LogP contribution in [0.1, 0.15) is 6.23 Å². The number of nitrogens with two attached hydrogens (primary N) is 1. The number of aromatic nitrogens is 4. The maximum atomic E-state index is 12.0. The van der Waals surface area contributed by atoms with Gasteiger partial charge in [0.2, 0.25) is 5.95 Å². The molecule has 1 fully saturated rings. The molecular formula is C10H13N5O6. The van der Waals surface area contributed by atoms with Gasteiger partial charge in [0, 0.05) is 0 Å². The number of hydrogen-bond donors (Lipinski definition) is 6. The smallest absolute Gasteiger partial charge is 0.330 e. The number of aliphatic hydroxyl groups is 3. The summed E-state index contributed by atoms with van der Waals surface area (Å²) in [7, 11) is 0. The first kappa shape index (κ1) is 13.8. The molecule has 11 nitrogen and oxygen atoms in total.